The number of H-pyrrole nitrogens is 1. The van der Waals surface area contributed by atoms with Gasteiger partial charge in [0.05, 0.1) is 0 Å². The van der Waals surface area contributed by atoms with Crippen molar-refractivity contribution in [3.8, 4) is 0 Å². The van der Waals surface area contributed by atoms with Crippen LogP contribution in [-0.4, -0.2) is 28.8 Å². The van der Waals surface area contributed by atoms with Crippen LogP contribution >= 0.6 is 0 Å². The largest absolute Gasteiger partial charge is 0.444 e. The summed E-state index contributed by atoms with van der Waals surface area (Å²) in [4.78, 5) is 14.9. The van der Waals surface area contributed by atoms with Crippen molar-refractivity contribution in [3.63, 3.8) is 0 Å². The average Bonchev–Trinajstić information content (AvgIpc) is 2.89. The standard InChI is InChI=1S/C16H27N3O2/c1-16(2,3)21-15(20)19-13-8-6-12(7-9-13)18-11-14-5-4-10-17-14/h4-5,10,12-13,17-18H,6-9,11H2,1-3H3,(H,19,20). The number of aromatic nitrogens is 1. The van der Waals surface area contributed by atoms with Gasteiger partial charge in [0.1, 0.15) is 5.60 Å². The van der Waals surface area contributed by atoms with Gasteiger partial charge in [0.15, 0.2) is 0 Å². The predicted octanol–water partition coefficient (Wildman–Crippen LogP) is 2.94. The molecule has 1 aromatic rings. The highest BCUT2D eigenvalue weighted by Gasteiger charge is 2.24. The van der Waals surface area contributed by atoms with E-state index in [9.17, 15) is 4.79 Å². The molecule has 3 N–H and O–H groups in total. The number of hydrogen-bond donors (Lipinski definition) is 3. The lowest BCUT2D eigenvalue weighted by molar-refractivity contribution is 0.0490. The Kier molecular flexibility index (Phi) is 5.28. The van der Waals surface area contributed by atoms with Gasteiger partial charge in [-0.15, -0.1) is 0 Å². The molecular weight excluding hydrogens is 266 g/mol. The van der Waals surface area contributed by atoms with Gasteiger partial charge in [0, 0.05) is 30.5 Å². The Hall–Kier alpha value is -1.49. The lowest BCUT2D eigenvalue weighted by Crippen LogP contribution is -2.43. The van der Waals surface area contributed by atoms with E-state index >= 15 is 0 Å². The molecule has 0 bridgehead atoms. The third kappa shape index (κ3) is 5.79. The molecule has 21 heavy (non-hydrogen) atoms. The zero-order valence-corrected chi connectivity index (χ0v) is 13.2. The molecule has 1 aromatic heterocycles. The van der Waals surface area contributed by atoms with Crippen LogP contribution in [0.3, 0.4) is 0 Å². The normalized spacial score (nSPS) is 22.8. The molecular formula is C16H27N3O2. The number of carbonyl (C=O) groups excluding carboxylic acids is 1. The van der Waals surface area contributed by atoms with Crippen molar-refractivity contribution in [2.75, 3.05) is 0 Å². The second kappa shape index (κ2) is 6.98. The van der Waals surface area contributed by atoms with E-state index in [1.807, 2.05) is 33.0 Å². The quantitative estimate of drug-likeness (QED) is 0.799. The zero-order chi connectivity index (χ0) is 15.3. The maximum absolute atomic E-state index is 11.7. The van der Waals surface area contributed by atoms with E-state index in [1.165, 1.54) is 5.69 Å². The Morgan fingerprint density at radius 3 is 2.52 bits per heavy atom. The van der Waals surface area contributed by atoms with Crippen LogP contribution in [0.4, 0.5) is 4.79 Å². The Balaban J connectivity index is 1.65. The van der Waals surface area contributed by atoms with Gasteiger partial charge in [0.25, 0.3) is 0 Å². The van der Waals surface area contributed by atoms with Gasteiger partial charge in [-0.05, 0) is 58.6 Å². The smallest absolute Gasteiger partial charge is 0.407 e. The third-order valence-corrected chi connectivity index (χ3v) is 3.69. The topological polar surface area (TPSA) is 66.2 Å². The minimum absolute atomic E-state index is 0.239. The molecule has 1 amide bonds. The van der Waals surface area contributed by atoms with Gasteiger partial charge in [0.2, 0.25) is 0 Å². The van der Waals surface area contributed by atoms with Gasteiger partial charge in [-0.25, -0.2) is 4.79 Å². The summed E-state index contributed by atoms with van der Waals surface area (Å²) in [6.45, 7) is 6.53. The summed E-state index contributed by atoms with van der Waals surface area (Å²) in [5.74, 6) is 0. The van der Waals surface area contributed by atoms with Crippen molar-refractivity contribution in [2.45, 2.75) is 70.7 Å². The fourth-order valence-electron chi connectivity index (χ4n) is 2.65. The highest BCUT2D eigenvalue weighted by Crippen LogP contribution is 2.19. The first kappa shape index (κ1) is 15.9. The number of rotatable bonds is 4. The summed E-state index contributed by atoms with van der Waals surface area (Å²) in [6, 6.07) is 4.87. The lowest BCUT2D eigenvalue weighted by Gasteiger charge is -2.30. The van der Waals surface area contributed by atoms with E-state index in [-0.39, 0.29) is 12.1 Å². The van der Waals surface area contributed by atoms with Gasteiger partial charge in [-0.1, -0.05) is 0 Å². The molecule has 0 saturated heterocycles. The Morgan fingerprint density at radius 2 is 1.95 bits per heavy atom. The Morgan fingerprint density at radius 1 is 1.29 bits per heavy atom. The number of ether oxygens (including phenoxy) is 1. The average molecular weight is 293 g/mol. The maximum atomic E-state index is 11.7. The fourth-order valence-corrected chi connectivity index (χ4v) is 2.65. The molecule has 0 unspecified atom stereocenters. The number of carbonyl (C=O) groups is 1. The molecule has 0 aromatic carbocycles. The summed E-state index contributed by atoms with van der Waals surface area (Å²) in [5.41, 5.74) is 0.780. The monoisotopic (exact) mass is 293 g/mol. The Labute approximate surface area is 126 Å². The molecule has 5 nitrogen and oxygen atoms in total. The first-order valence-electron chi connectivity index (χ1n) is 7.77. The Bertz CT molecular complexity index is 429. The molecule has 0 spiro atoms. The van der Waals surface area contributed by atoms with Crippen LogP contribution in [0.2, 0.25) is 0 Å². The number of alkyl carbamates (subject to hydrolysis) is 1. The molecule has 1 fully saturated rings. The lowest BCUT2D eigenvalue weighted by atomic mass is 9.91. The second-order valence-electron chi connectivity index (χ2n) is 6.77. The maximum Gasteiger partial charge on any atom is 0.407 e. The SMILES string of the molecule is CC(C)(C)OC(=O)NC1CCC(NCc2ccc[nH]2)CC1. The number of amides is 1. The van der Waals surface area contributed by atoms with Crippen molar-refractivity contribution >= 4 is 6.09 Å². The van der Waals surface area contributed by atoms with Gasteiger partial charge in [-0.2, -0.15) is 0 Å². The molecule has 1 heterocycles. The van der Waals surface area contributed by atoms with Crippen molar-refractivity contribution in [3.05, 3.63) is 24.0 Å². The molecule has 0 aliphatic heterocycles. The van der Waals surface area contributed by atoms with Crippen molar-refractivity contribution in [2.24, 2.45) is 0 Å². The minimum Gasteiger partial charge on any atom is -0.444 e. The summed E-state index contributed by atoms with van der Waals surface area (Å²) >= 11 is 0. The summed E-state index contributed by atoms with van der Waals surface area (Å²) in [6.07, 6.45) is 5.81. The van der Waals surface area contributed by atoms with Crippen molar-refractivity contribution in [1.29, 1.82) is 0 Å². The van der Waals surface area contributed by atoms with E-state index in [2.05, 4.69) is 21.7 Å². The van der Waals surface area contributed by atoms with Gasteiger partial charge < -0.3 is 20.4 Å². The minimum atomic E-state index is -0.432. The summed E-state index contributed by atoms with van der Waals surface area (Å²) < 4.78 is 5.29. The molecule has 1 saturated carbocycles. The highest BCUT2D eigenvalue weighted by molar-refractivity contribution is 5.68. The van der Waals surface area contributed by atoms with Crippen LogP contribution in [0.5, 0.6) is 0 Å². The summed E-state index contributed by atoms with van der Waals surface area (Å²) in [5, 5.41) is 6.53. The molecule has 118 valence electrons. The van der Waals surface area contributed by atoms with E-state index < -0.39 is 5.60 Å². The number of nitrogens with one attached hydrogen (secondary N) is 3. The van der Waals surface area contributed by atoms with Crippen LogP contribution < -0.4 is 10.6 Å². The molecule has 0 atom stereocenters. The molecule has 0 radical (unpaired) electrons. The van der Waals surface area contributed by atoms with Crippen LogP contribution in [-0.2, 0) is 11.3 Å². The molecule has 5 heteroatoms. The van der Waals surface area contributed by atoms with E-state index in [1.54, 1.807) is 0 Å². The zero-order valence-electron chi connectivity index (χ0n) is 13.2. The number of hydrogen-bond acceptors (Lipinski definition) is 3. The van der Waals surface area contributed by atoms with E-state index in [4.69, 9.17) is 4.74 Å². The molecule has 2 rings (SSSR count). The highest BCUT2D eigenvalue weighted by atomic mass is 16.6. The van der Waals surface area contributed by atoms with Crippen LogP contribution in [0.25, 0.3) is 0 Å². The number of aromatic amines is 1. The van der Waals surface area contributed by atoms with E-state index in [0.717, 1.165) is 32.2 Å². The van der Waals surface area contributed by atoms with Crippen LogP contribution in [0.1, 0.15) is 52.1 Å². The molecule has 1 aliphatic rings. The van der Waals surface area contributed by atoms with Crippen molar-refractivity contribution < 1.29 is 9.53 Å². The van der Waals surface area contributed by atoms with E-state index in [0.29, 0.717) is 6.04 Å². The summed E-state index contributed by atoms with van der Waals surface area (Å²) in [7, 11) is 0. The van der Waals surface area contributed by atoms with Crippen LogP contribution in [0.15, 0.2) is 18.3 Å². The fraction of sp³-hybridized carbons (Fsp3) is 0.688. The van der Waals surface area contributed by atoms with Crippen LogP contribution in [0, 0.1) is 0 Å². The van der Waals surface area contributed by atoms with Gasteiger partial charge >= 0.3 is 6.09 Å². The van der Waals surface area contributed by atoms with Crippen molar-refractivity contribution in [1.82, 2.24) is 15.6 Å². The second-order valence-corrected chi connectivity index (χ2v) is 6.77. The first-order valence-corrected chi connectivity index (χ1v) is 7.77. The molecule has 1 aliphatic carbocycles. The van der Waals surface area contributed by atoms with Gasteiger partial charge in [-0.3, -0.25) is 0 Å². The first-order chi connectivity index (χ1) is 9.92. The predicted molar refractivity (Wildman–Crippen MR) is 83.0 cm³/mol. The third-order valence-electron chi connectivity index (χ3n) is 3.69.